The van der Waals surface area contributed by atoms with Crippen LogP contribution in [0.4, 0.5) is 0 Å². The first-order chi connectivity index (χ1) is 7.40. The molecule has 0 aromatic rings. The fourth-order valence-electron chi connectivity index (χ4n) is 2.92. The largest absolute Gasteiger partial charge is 0.0773 e. The molecule has 15 heavy (non-hydrogen) atoms. The van der Waals surface area contributed by atoms with Gasteiger partial charge in [0, 0.05) is 0 Å². The highest BCUT2D eigenvalue weighted by Crippen LogP contribution is 2.34. The van der Waals surface area contributed by atoms with Crippen molar-refractivity contribution in [3.05, 3.63) is 23.8 Å². The van der Waals surface area contributed by atoms with Gasteiger partial charge in [0.05, 0.1) is 0 Å². The van der Waals surface area contributed by atoms with E-state index in [0.717, 1.165) is 11.8 Å². The third-order valence-electron chi connectivity index (χ3n) is 3.91. The van der Waals surface area contributed by atoms with E-state index in [0.29, 0.717) is 0 Å². The third-order valence-corrected chi connectivity index (χ3v) is 3.91. The Kier molecular flexibility index (Phi) is 4.05. The zero-order valence-electron chi connectivity index (χ0n) is 10.0. The van der Waals surface area contributed by atoms with Crippen molar-refractivity contribution < 1.29 is 0 Å². The van der Waals surface area contributed by atoms with Gasteiger partial charge in [-0.3, -0.25) is 0 Å². The fourth-order valence-corrected chi connectivity index (χ4v) is 2.92. The van der Waals surface area contributed by atoms with Crippen LogP contribution in [0.25, 0.3) is 0 Å². The van der Waals surface area contributed by atoms with Crippen molar-refractivity contribution in [3.63, 3.8) is 0 Å². The Labute approximate surface area is 94.5 Å². The maximum absolute atomic E-state index is 2.55. The van der Waals surface area contributed by atoms with Crippen LogP contribution in [-0.2, 0) is 0 Å². The van der Waals surface area contributed by atoms with E-state index in [1.807, 2.05) is 0 Å². The summed E-state index contributed by atoms with van der Waals surface area (Å²) >= 11 is 0. The van der Waals surface area contributed by atoms with Gasteiger partial charge in [-0.05, 0) is 36.7 Å². The number of hydrogen-bond donors (Lipinski definition) is 0. The topological polar surface area (TPSA) is 0 Å². The summed E-state index contributed by atoms with van der Waals surface area (Å²) in [6, 6.07) is 0. The molecular weight excluding hydrogens is 180 g/mol. The molecule has 0 saturated heterocycles. The van der Waals surface area contributed by atoms with Gasteiger partial charge in [0.15, 0.2) is 0 Å². The minimum atomic E-state index is 0.766. The molecule has 1 unspecified atom stereocenters. The van der Waals surface area contributed by atoms with Crippen molar-refractivity contribution in [2.75, 3.05) is 0 Å². The molecule has 0 amide bonds. The van der Waals surface area contributed by atoms with E-state index in [1.165, 1.54) is 51.4 Å². The van der Waals surface area contributed by atoms with Crippen LogP contribution in [-0.4, -0.2) is 0 Å². The summed E-state index contributed by atoms with van der Waals surface area (Å²) in [5.74, 6) is 1.67. The second-order valence-corrected chi connectivity index (χ2v) is 5.17. The minimum absolute atomic E-state index is 0.766. The Balaban J connectivity index is 1.85. The van der Waals surface area contributed by atoms with Crippen molar-refractivity contribution >= 4 is 0 Å². The standard InChI is InChI=1S/C15H24/c1-2-3-7-13-10-11-15(12-13)14-8-5-4-6-9-14/h10-14H,2-9H2,1H3. The maximum atomic E-state index is 2.55. The summed E-state index contributed by atoms with van der Waals surface area (Å²) in [6.07, 6.45) is 18.7. The molecule has 2 rings (SSSR count). The molecule has 84 valence electrons. The second-order valence-electron chi connectivity index (χ2n) is 5.17. The second kappa shape index (κ2) is 5.53. The molecule has 0 bridgehead atoms. The van der Waals surface area contributed by atoms with Crippen LogP contribution in [0, 0.1) is 11.8 Å². The Morgan fingerprint density at radius 2 is 2.00 bits per heavy atom. The lowest BCUT2D eigenvalue weighted by Crippen LogP contribution is -2.07. The average molecular weight is 204 g/mol. The summed E-state index contributed by atoms with van der Waals surface area (Å²) in [4.78, 5) is 0. The average Bonchev–Trinajstić information content (AvgIpc) is 2.76. The molecule has 0 aromatic carbocycles. The van der Waals surface area contributed by atoms with E-state index in [9.17, 15) is 0 Å². The minimum Gasteiger partial charge on any atom is -0.0773 e. The van der Waals surface area contributed by atoms with E-state index in [2.05, 4.69) is 25.2 Å². The van der Waals surface area contributed by atoms with Crippen molar-refractivity contribution in [1.29, 1.82) is 0 Å². The van der Waals surface area contributed by atoms with Crippen LogP contribution < -0.4 is 0 Å². The van der Waals surface area contributed by atoms with E-state index >= 15 is 0 Å². The van der Waals surface area contributed by atoms with Crippen molar-refractivity contribution in [1.82, 2.24) is 0 Å². The molecule has 0 heterocycles. The summed E-state index contributed by atoms with van der Waals surface area (Å²) in [5, 5.41) is 0. The van der Waals surface area contributed by atoms with Gasteiger partial charge in [0.2, 0.25) is 0 Å². The smallest absolute Gasteiger partial charge is 0.00444 e. The number of unbranched alkanes of at least 4 members (excludes halogenated alkanes) is 1. The van der Waals surface area contributed by atoms with Gasteiger partial charge in [-0.1, -0.05) is 57.3 Å². The van der Waals surface area contributed by atoms with E-state index in [4.69, 9.17) is 0 Å². The Bertz CT molecular complexity index is 241. The highest BCUT2D eigenvalue weighted by molar-refractivity contribution is 5.31. The predicted octanol–water partition coefficient (Wildman–Crippen LogP) is 4.87. The SMILES string of the molecule is CCCCC1C=CC(C2CCCCC2)=C1. The first-order valence-corrected chi connectivity index (χ1v) is 6.80. The highest BCUT2D eigenvalue weighted by Gasteiger charge is 2.19. The van der Waals surface area contributed by atoms with Crippen LogP contribution in [0.2, 0.25) is 0 Å². The quantitative estimate of drug-likeness (QED) is 0.613. The van der Waals surface area contributed by atoms with Gasteiger partial charge < -0.3 is 0 Å². The molecule has 0 aromatic heterocycles. The normalized spacial score (nSPS) is 27.0. The van der Waals surface area contributed by atoms with Crippen LogP contribution >= 0.6 is 0 Å². The Morgan fingerprint density at radius 3 is 2.73 bits per heavy atom. The molecule has 1 fully saturated rings. The van der Waals surface area contributed by atoms with Crippen molar-refractivity contribution in [3.8, 4) is 0 Å². The molecule has 0 aliphatic heterocycles. The lowest BCUT2D eigenvalue weighted by molar-refractivity contribution is 0.408. The Morgan fingerprint density at radius 1 is 1.20 bits per heavy atom. The number of hydrogen-bond acceptors (Lipinski definition) is 0. The molecule has 0 heteroatoms. The maximum Gasteiger partial charge on any atom is -0.00444 e. The van der Waals surface area contributed by atoms with Crippen molar-refractivity contribution in [2.45, 2.75) is 58.3 Å². The first kappa shape index (κ1) is 11.0. The highest BCUT2D eigenvalue weighted by atomic mass is 14.2. The molecule has 1 atom stereocenters. The van der Waals surface area contributed by atoms with E-state index < -0.39 is 0 Å². The van der Waals surface area contributed by atoms with E-state index in [-0.39, 0.29) is 0 Å². The summed E-state index contributed by atoms with van der Waals surface area (Å²) in [6.45, 7) is 2.28. The monoisotopic (exact) mass is 204 g/mol. The third kappa shape index (κ3) is 2.96. The fraction of sp³-hybridized carbons (Fsp3) is 0.733. The van der Waals surface area contributed by atoms with Gasteiger partial charge >= 0.3 is 0 Å². The van der Waals surface area contributed by atoms with Gasteiger partial charge in [0.1, 0.15) is 0 Å². The van der Waals surface area contributed by atoms with Crippen LogP contribution in [0.5, 0.6) is 0 Å². The van der Waals surface area contributed by atoms with Gasteiger partial charge in [-0.25, -0.2) is 0 Å². The summed E-state index contributed by atoms with van der Waals surface area (Å²) in [7, 11) is 0. The summed E-state index contributed by atoms with van der Waals surface area (Å²) in [5.41, 5.74) is 1.66. The summed E-state index contributed by atoms with van der Waals surface area (Å²) < 4.78 is 0. The lowest BCUT2D eigenvalue weighted by Gasteiger charge is -2.21. The van der Waals surface area contributed by atoms with Gasteiger partial charge in [0.25, 0.3) is 0 Å². The molecule has 0 spiro atoms. The molecule has 0 nitrogen and oxygen atoms in total. The zero-order valence-corrected chi connectivity index (χ0v) is 10.0. The number of allylic oxidation sites excluding steroid dienone is 4. The number of rotatable bonds is 4. The van der Waals surface area contributed by atoms with Crippen LogP contribution in [0.3, 0.4) is 0 Å². The van der Waals surface area contributed by atoms with Crippen LogP contribution in [0.1, 0.15) is 58.3 Å². The lowest BCUT2D eigenvalue weighted by atomic mass is 9.84. The Hall–Kier alpha value is -0.520. The first-order valence-electron chi connectivity index (χ1n) is 6.80. The molecule has 2 aliphatic carbocycles. The van der Waals surface area contributed by atoms with Crippen molar-refractivity contribution in [2.24, 2.45) is 11.8 Å². The van der Waals surface area contributed by atoms with Gasteiger partial charge in [-0.15, -0.1) is 0 Å². The van der Waals surface area contributed by atoms with Crippen LogP contribution in [0.15, 0.2) is 23.8 Å². The van der Waals surface area contributed by atoms with E-state index in [1.54, 1.807) is 5.57 Å². The predicted molar refractivity (Wildman–Crippen MR) is 66.8 cm³/mol. The van der Waals surface area contributed by atoms with Gasteiger partial charge in [-0.2, -0.15) is 0 Å². The molecular formula is C15H24. The molecule has 2 aliphatic rings. The molecule has 1 saturated carbocycles. The zero-order chi connectivity index (χ0) is 10.5. The molecule has 0 N–H and O–H groups in total. The molecule has 0 radical (unpaired) electrons.